The lowest BCUT2D eigenvalue weighted by Gasteiger charge is -2.18. The molecule has 1 aromatic heterocycles. The van der Waals surface area contributed by atoms with E-state index in [2.05, 4.69) is 17.4 Å². The van der Waals surface area contributed by atoms with E-state index in [-0.39, 0.29) is 24.6 Å². The van der Waals surface area contributed by atoms with E-state index in [0.29, 0.717) is 34.3 Å². The fourth-order valence-corrected chi connectivity index (χ4v) is 4.41. The summed E-state index contributed by atoms with van der Waals surface area (Å²) in [6, 6.07) is 23.7. The van der Waals surface area contributed by atoms with Gasteiger partial charge in [-0.1, -0.05) is 42.5 Å². The van der Waals surface area contributed by atoms with E-state index in [0.717, 1.165) is 12.0 Å². The van der Waals surface area contributed by atoms with Gasteiger partial charge >= 0.3 is 0 Å². The summed E-state index contributed by atoms with van der Waals surface area (Å²) in [6.45, 7) is 0.322. The highest BCUT2D eigenvalue weighted by Gasteiger charge is 2.17. The van der Waals surface area contributed by atoms with Crippen LogP contribution in [0.4, 0.5) is 0 Å². The van der Waals surface area contributed by atoms with Crippen LogP contribution < -0.4 is 25.1 Å². The number of halogens is 1. The number of ether oxygens (including phenoxy) is 3. The summed E-state index contributed by atoms with van der Waals surface area (Å²) in [5, 5.41) is 2.92. The number of aromatic nitrogens is 2. The highest BCUT2D eigenvalue weighted by Crippen LogP contribution is 2.26. The summed E-state index contributed by atoms with van der Waals surface area (Å²) >= 11 is 6.21. The molecular formula is C31H32ClN3O4. The first-order valence-corrected chi connectivity index (χ1v) is 13.1. The Hall–Kier alpha value is -4.23. The number of methoxy groups -OCH3 is 2. The van der Waals surface area contributed by atoms with Gasteiger partial charge in [0.25, 0.3) is 5.56 Å². The zero-order valence-corrected chi connectivity index (χ0v) is 23.1. The van der Waals surface area contributed by atoms with E-state index < -0.39 is 0 Å². The zero-order chi connectivity index (χ0) is 27.6. The quantitative estimate of drug-likeness (QED) is 0.240. The largest absolute Gasteiger partial charge is 0.497 e. The standard InChI is InChI=1S/C31H32ClN3O4/c1-33-16-15-27-28(19-32)34-30(35(31(27)36)20-24-11-14-26(37-2)18-29(24)38-3)21-39-25-12-9-23(10-13-25)17-22-7-5-4-6-8-22/h4-16,18,33H,17,19-21H2,1-3H3/b16-15-. The second-order valence-corrected chi connectivity index (χ2v) is 9.08. The summed E-state index contributed by atoms with van der Waals surface area (Å²) in [4.78, 5) is 18.4. The molecule has 39 heavy (non-hydrogen) atoms. The molecule has 0 fully saturated rings. The normalized spacial score (nSPS) is 11.0. The molecule has 8 heteroatoms. The smallest absolute Gasteiger partial charge is 0.261 e. The molecule has 0 aliphatic carbocycles. The highest BCUT2D eigenvalue weighted by atomic mass is 35.5. The molecule has 0 unspecified atom stereocenters. The molecule has 1 heterocycles. The second-order valence-electron chi connectivity index (χ2n) is 8.81. The fourth-order valence-electron chi connectivity index (χ4n) is 4.21. The number of rotatable bonds is 12. The van der Waals surface area contributed by atoms with Crippen LogP contribution in [-0.2, 0) is 25.5 Å². The van der Waals surface area contributed by atoms with Gasteiger partial charge in [0.05, 0.1) is 37.9 Å². The fraction of sp³-hybridized carbons (Fsp3) is 0.226. The van der Waals surface area contributed by atoms with Crippen molar-refractivity contribution in [3.63, 3.8) is 0 Å². The first kappa shape index (κ1) is 27.8. The molecule has 4 rings (SSSR count). The van der Waals surface area contributed by atoms with Gasteiger partial charge in [-0.2, -0.15) is 0 Å². The molecule has 1 N–H and O–H groups in total. The van der Waals surface area contributed by atoms with Crippen molar-refractivity contribution in [2.45, 2.75) is 25.5 Å². The van der Waals surface area contributed by atoms with Gasteiger partial charge in [-0.05, 0) is 54.1 Å². The second kappa shape index (κ2) is 13.5. The van der Waals surface area contributed by atoms with Crippen molar-refractivity contribution in [2.75, 3.05) is 21.3 Å². The van der Waals surface area contributed by atoms with Crippen molar-refractivity contribution >= 4 is 17.7 Å². The van der Waals surface area contributed by atoms with E-state index in [1.807, 2.05) is 54.6 Å². The first-order chi connectivity index (χ1) is 19.1. The molecule has 0 spiro atoms. The van der Waals surface area contributed by atoms with Gasteiger partial charge < -0.3 is 19.5 Å². The Bertz CT molecular complexity index is 1470. The minimum absolute atomic E-state index is 0.0889. The third-order valence-electron chi connectivity index (χ3n) is 6.27. The van der Waals surface area contributed by atoms with Crippen LogP contribution in [0.3, 0.4) is 0 Å². The topological polar surface area (TPSA) is 74.6 Å². The van der Waals surface area contributed by atoms with Crippen molar-refractivity contribution in [3.8, 4) is 17.2 Å². The lowest BCUT2D eigenvalue weighted by atomic mass is 10.1. The van der Waals surface area contributed by atoms with Crippen molar-refractivity contribution in [1.29, 1.82) is 0 Å². The highest BCUT2D eigenvalue weighted by molar-refractivity contribution is 6.17. The molecule has 202 valence electrons. The Morgan fingerprint density at radius 1 is 0.949 bits per heavy atom. The van der Waals surface area contributed by atoms with Crippen molar-refractivity contribution in [2.24, 2.45) is 0 Å². The van der Waals surface area contributed by atoms with Crippen LogP contribution in [0.25, 0.3) is 6.08 Å². The molecule has 0 amide bonds. The Morgan fingerprint density at radius 3 is 2.33 bits per heavy atom. The summed E-state index contributed by atoms with van der Waals surface area (Å²) < 4.78 is 18.6. The maximum atomic E-state index is 13.7. The molecule has 7 nitrogen and oxygen atoms in total. The number of hydrogen-bond donors (Lipinski definition) is 1. The summed E-state index contributed by atoms with van der Waals surface area (Å²) in [7, 11) is 4.94. The van der Waals surface area contributed by atoms with Gasteiger partial charge in [0.1, 0.15) is 29.7 Å². The summed E-state index contributed by atoms with van der Waals surface area (Å²) in [5.74, 6) is 2.50. The SMILES string of the molecule is CN/C=C\c1c(CCl)nc(COc2ccc(Cc3ccccc3)cc2)n(Cc2ccc(OC)cc2OC)c1=O. The van der Waals surface area contributed by atoms with Crippen LogP contribution in [0.5, 0.6) is 17.2 Å². The number of hydrogen-bond acceptors (Lipinski definition) is 6. The van der Waals surface area contributed by atoms with Crippen LogP contribution in [0, 0.1) is 0 Å². The zero-order valence-electron chi connectivity index (χ0n) is 22.3. The van der Waals surface area contributed by atoms with Crippen molar-refractivity contribution in [1.82, 2.24) is 14.9 Å². The average Bonchev–Trinajstić information content (AvgIpc) is 2.98. The molecule has 4 aromatic rings. The predicted octanol–water partition coefficient (Wildman–Crippen LogP) is 5.41. The van der Waals surface area contributed by atoms with Crippen LogP contribution in [0.2, 0.25) is 0 Å². The monoisotopic (exact) mass is 545 g/mol. The van der Waals surface area contributed by atoms with Gasteiger partial charge in [-0.3, -0.25) is 9.36 Å². The van der Waals surface area contributed by atoms with E-state index in [4.69, 9.17) is 30.8 Å². The van der Waals surface area contributed by atoms with E-state index in [9.17, 15) is 4.79 Å². The number of nitrogens with one attached hydrogen (secondary N) is 1. The Balaban J connectivity index is 1.64. The Labute approximate surface area is 233 Å². The van der Waals surface area contributed by atoms with E-state index in [1.165, 1.54) is 11.1 Å². The lowest BCUT2D eigenvalue weighted by Crippen LogP contribution is -2.30. The number of benzene rings is 3. The molecular weight excluding hydrogens is 514 g/mol. The van der Waals surface area contributed by atoms with Gasteiger partial charge in [0.2, 0.25) is 0 Å². The van der Waals surface area contributed by atoms with E-state index >= 15 is 0 Å². The maximum Gasteiger partial charge on any atom is 0.261 e. The number of alkyl halides is 1. The summed E-state index contributed by atoms with van der Waals surface area (Å²) in [5.41, 5.74) is 3.91. The van der Waals surface area contributed by atoms with Gasteiger partial charge in [-0.15, -0.1) is 11.6 Å². The Kier molecular flexibility index (Phi) is 9.64. The lowest BCUT2D eigenvalue weighted by molar-refractivity contribution is 0.286. The van der Waals surface area contributed by atoms with Crippen LogP contribution in [0.1, 0.15) is 33.8 Å². The minimum Gasteiger partial charge on any atom is -0.497 e. The predicted molar refractivity (Wildman–Crippen MR) is 155 cm³/mol. The molecule has 0 saturated heterocycles. The average molecular weight is 546 g/mol. The van der Waals surface area contributed by atoms with Gasteiger partial charge in [-0.25, -0.2) is 4.98 Å². The third kappa shape index (κ3) is 7.00. The van der Waals surface area contributed by atoms with Crippen LogP contribution in [0.15, 0.2) is 83.8 Å². The van der Waals surface area contributed by atoms with Gasteiger partial charge in [0.15, 0.2) is 0 Å². The first-order valence-electron chi connectivity index (χ1n) is 12.5. The molecule has 3 aromatic carbocycles. The van der Waals surface area contributed by atoms with Crippen LogP contribution in [-0.4, -0.2) is 30.8 Å². The number of nitrogens with zero attached hydrogens (tertiary/aromatic N) is 2. The summed E-state index contributed by atoms with van der Waals surface area (Å²) in [6.07, 6.45) is 4.21. The molecule has 0 bridgehead atoms. The van der Waals surface area contributed by atoms with E-state index in [1.54, 1.807) is 44.2 Å². The van der Waals surface area contributed by atoms with Crippen LogP contribution >= 0.6 is 11.6 Å². The van der Waals surface area contributed by atoms with Crippen molar-refractivity contribution in [3.05, 3.63) is 123 Å². The molecule has 0 saturated carbocycles. The van der Waals surface area contributed by atoms with Crippen molar-refractivity contribution < 1.29 is 14.2 Å². The molecule has 0 aliphatic rings. The Morgan fingerprint density at radius 2 is 1.67 bits per heavy atom. The minimum atomic E-state index is -0.221. The third-order valence-corrected chi connectivity index (χ3v) is 6.52. The molecule has 0 radical (unpaired) electrons. The molecule has 0 aliphatic heterocycles. The van der Waals surface area contributed by atoms with Gasteiger partial charge in [0, 0.05) is 18.7 Å². The maximum absolute atomic E-state index is 13.7. The molecule has 0 atom stereocenters.